The molecule has 132 valence electrons. The van der Waals surface area contributed by atoms with E-state index in [2.05, 4.69) is 20.6 Å². The number of nitrogens with one attached hydrogen (secondary N) is 2. The predicted molar refractivity (Wildman–Crippen MR) is 97.3 cm³/mol. The Kier molecular flexibility index (Phi) is 5.82. The molecule has 0 saturated heterocycles. The van der Waals surface area contributed by atoms with Crippen LogP contribution >= 0.6 is 0 Å². The number of ether oxygens (including phenoxy) is 1. The molecule has 0 aliphatic heterocycles. The van der Waals surface area contributed by atoms with Crippen LogP contribution in [0.3, 0.4) is 0 Å². The van der Waals surface area contributed by atoms with Crippen molar-refractivity contribution in [2.75, 3.05) is 12.4 Å². The number of nitrogens with zero attached hydrogens (tertiary/aromatic N) is 2. The minimum Gasteiger partial charge on any atom is -0.497 e. The van der Waals surface area contributed by atoms with Crippen molar-refractivity contribution in [3.63, 3.8) is 0 Å². The molecule has 1 aliphatic carbocycles. The molecule has 6 nitrogen and oxygen atoms in total. The summed E-state index contributed by atoms with van der Waals surface area (Å²) in [5.41, 5.74) is 1.20. The first-order chi connectivity index (χ1) is 12.2. The number of aromatic nitrogens is 2. The molecule has 1 aromatic carbocycles. The number of rotatable bonds is 5. The lowest BCUT2D eigenvalue weighted by atomic mass is 10.1. The van der Waals surface area contributed by atoms with Gasteiger partial charge in [-0.05, 0) is 25.0 Å². The number of hydrogen-bond donors (Lipinski definition) is 2. The van der Waals surface area contributed by atoms with Crippen LogP contribution < -0.4 is 15.4 Å². The van der Waals surface area contributed by atoms with Crippen molar-refractivity contribution in [3.05, 3.63) is 42.4 Å². The van der Waals surface area contributed by atoms with Crippen molar-refractivity contribution in [1.82, 2.24) is 15.3 Å². The van der Waals surface area contributed by atoms with Gasteiger partial charge in [0.1, 0.15) is 17.3 Å². The Morgan fingerprint density at radius 2 is 1.92 bits per heavy atom. The lowest BCUT2D eigenvalue weighted by Gasteiger charge is -2.15. The van der Waals surface area contributed by atoms with E-state index in [-0.39, 0.29) is 11.9 Å². The Morgan fingerprint density at radius 1 is 1.12 bits per heavy atom. The molecule has 0 radical (unpaired) electrons. The quantitative estimate of drug-likeness (QED) is 0.812. The van der Waals surface area contributed by atoms with Crippen LogP contribution in [0.15, 0.2) is 36.7 Å². The average Bonchev–Trinajstić information content (AvgIpc) is 2.91. The molecule has 0 bridgehead atoms. The summed E-state index contributed by atoms with van der Waals surface area (Å²) in [6, 6.07) is 7.80. The molecule has 0 atom stereocenters. The zero-order valence-electron chi connectivity index (χ0n) is 14.5. The molecule has 1 amide bonds. The van der Waals surface area contributed by atoms with Gasteiger partial charge in [0.15, 0.2) is 0 Å². The summed E-state index contributed by atoms with van der Waals surface area (Å²) in [5, 5.41) is 6.23. The van der Waals surface area contributed by atoms with Gasteiger partial charge in [0.25, 0.3) is 5.91 Å². The molecule has 3 rings (SSSR count). The second-order valence-corrected chi connectivity index (χ2v) is 6.31. The molecule has 1 fully saturated rings. The van der Waals surface area contributed by atoms with Crippen molar-refractivity contribution in [1.29, 1.82) is 0 Å². The maximum atomic E-state index is 12.3. The Morgan fingerprint density at radius 3 is 2.60 bits per heavy atom. The predicted octanol–water partition coefficient (Wildman–Crippen LogP) is 3.68. The second kappa shape index (κ2) is 8.46. The van der Waals surface area contributed by atoms with Crippen molar-refractivity contribution in [2.24, 2.45) is 0 Å². The highest BCUT2D eigenvalue weighted by molar-refractivity contribution is 5.92. The van der Waals surface area contributed by atoms with E-state index < -0.39 is 0 Å². The minimum absolute atomic E-state index is 0.146. The van der Waals surface area contributed by atoms with Crippen LogP contribution in [0.4, 0.5) is 11.5 Å². The van der Waals surface area contributed by atoms with Crippen LogP contribution in [0.5, 0.6) is 5.75 Å². The van der Waals surface area contributed by atoms with Crippen LogP contribution in [0.2, 0.25) is 0 Å². The lowest BCUT2D eigenvalue weighted by Crippen LogP contribution is -2.34. The highest BCUT2D eigenvalue weighted by Gasteiger charge is 2.16. The van der Waals surface area contributed by atoms with Crippen LogP contribution in [0.1, 0.15) is 49.0 Å². The fourth-order valence-corrected chi connectivity index (χ4v) is 3.04. The number of benzene rings is 1. The smallest absolute Gasteiger partial charge is 0.271 e. The Bertz CT molecular complexity index is 695. The Hall–Kier alpha value is -2.63. The average molecular weight is 340 g/mol. The van der Waals surface area contributed by atoms with Crippen LogP contribution in [0, 0.1) is 0 Å². The van der Waals surface area contributed by atoms with Crippen molar-refractivity contribution < 1.29 is 9.53 Å². The third-order valence-electron chi connectivity index (χ3n) is 4.42. The van der Waals surface area contributed by atoms with E-state index >= 15 is 0 Å². The first-order valence-electron chi connectivity index (χ1n) is 8.78. The maximum absolute atomic E-state index is 12.3. The van der Waals surface area contributed by atoms with Gasteiger partial charge >= 0.3 is 0 Å². The van der Waals surface area contributed by atoms with Gasteiger partial charge in [-0.15, -0.1) is 0 Å². The molecule has 2 N–H and O–H groups in total. The molecular weight excluding hydrogens is 316 g/mol. The summed E-state index contributed by atoms with van der Waals surface area (Å²) >= 11 is 0. The van der Waals surface area contributed by atoms with Gasteiger partial charge in [-0.25, -0.2) is 9.97 Å². The Labute approximate surface area is 148 Å². The largest absolute Gasteiger partial charge is 0.497 e. The number of carbonyl (C=O) groups is 1. The third kappa shape index (κ3) is 4.92. The van der Waals surface area contributed by atoms with E-state index in [0.717, 1.165) is 24.3 Å². The van der Waals surface area contributed by atoms with E-state index in [9.17, 15) is 4.79 Å². The topological polar surface area (TPSA) is 76.1 Å². The molecule has 1 aliphatic rings. The summed E-state index contributed by atoms with van der Waals surface area (Å²) in [7, 11) is 1.63. The molecule has 6 heteroatoms. The van der Waals surface area contributed by atoms with Gasteiger partial charge in [0.2, 0.25) is 0 Å². The maximum Gasteiger partial charge on any atom is 0.271 e. The van der Waals surface area contributed by atoms with E-state index in [0.29, 0.717) is 11.5 Å². The fourth-order valence-electron chi connectivity index (χ4n) is 3.04. The second-order valence-electron chi connectivity index (χ2n) is 6.31. The summed E-state index contributed by atoms with van der Waals surface area (Å²) in [4.78, 5) is 20.9. The number of anilines is 2. The molecule has 0 unspecified atom stereocenters. The van der Waals surface area contributed by atoms with Crippen LogP contribution in [-0.2, 0) is 0 Å². The highest BCUT2D eigenvalue weighted by atomic mass is 16.5. The van der Waals surface area contributed by atoms with E-state index in [1.165, 1.54) is 31.9 Å². The summed E-state index contributed by atoms with van der Waals surface area (Å²) in [6.45, 7) is 0. The van der Waals surface area contributed by atoms with Crippen molar-refractivity contribution >= 4 is 17.4 Å². The van der Waals surface area contributed by atoms with Crippen molar-refractivity contribution in [2.45, 2.75) is 44.6 Å². The monoisotopic (exact) mass is 340 g/mol. The number of carbonyl (C=O) groups excluding carboxylic acids is 1. The minimum atomic E-state index is -0.146. The SMILES string of the molecule is COc1cccc(Nc2cnc(C(=O)NC3CCCCCC3)cn2)c1. The van der Waals surface area contributed by atoms with Gasteiger partial charge in [-0.1, -0.05) is 31.7 Å². The molecule has 25 heavy (non-hydrogen) atoms. The van der Waals surface area contributed by atoms with Gasteiger partial charge in [-0.3, -0.25) is 4.79 Å². The van der Waals surface area contributed by atoms with Gasteiger partial charge in [0.05, 0.1) is 19.5 Å². The van der Waals surface area contributed by atoms with E-state index in [1.54, 1.807) is 13.3 Å². The Balaban J connectivity index is 1.60. The van der Waals surface area contributed by atoms with E-state index in [1.807, 2.05) is 24.3 Å². The molecule has 2 aromatic rings. The highest BCUT2D eigenvalue weighted by Crippen LogP contribution is 2.20. The molecular formula is C19H24N4O2. The van der Waals surface area contributed by atoms with Gasteiger partial charge in [-0.2, -0.15) is 0 Å². The molecule has 1 aromatic heterocycles. The third-order valence-corrected chi connectivity index (χ3v) is 4.42. The molecule has 0 spiro atoms. The summed E-state index contributed by atoms with van der Waals surface area (Å²) < 4.78 is 5.20. The fraction of sp³-hybridized carbons (Fsp3) is 0.421. The molecule has 1 heterocycles. The lowest BCUT2D eigenvalue weighted by molar-refractivity contribution is 0.0928. The van der Waals surface area contributed by atoms with Crippen LogP contribution in [-0.4, -0.2) is 29.0 Å². The first-order valence-corrected chi connectivity index (χ1v) is 8.78. The zero-order chi connectivity index (χ0) is 17.5. The normalized spacial score (nSPS) is 15.2. The van der Waals surface area contributed by atoms with Gasteiger partial charge in [0, 0.05) is 17.8 Å². The first kappa shape index (κ1) is 17.2. The standard InChI is InChI=1S/C19H24N4O2/c1-25-16-10-6-9-15(11-16)22-18-13-20-17(12-21-18)19(24)23-14-7-4-2-3-5-8-14/h6,9-14H,2-5,7-8H2,1H3,(H,21,22)(H,23,24). The number of methoxy groups -OCH3 is 1. The number of hydrogen-bond acceptors (Lipinski definition) is 5. The number of amides is 1. The summed E-state index contributed by atoms with van der Waals surface area (Å²) in [6.07, 6.45) is 10.1. The van der Waals surface area contributed by atoms with Crippen LogP contribution in [0.25, 0.3) is 0 Å². The van der Waals surface area contributed by atoms with E-state index in [4.69, 9.17) is 4.74 Å². The zero-order valence-corrected chi connectivity index (χ0v) is 14.5. The van der Waals surface area contributed by atoms with Crippen molar-refractivity contribution in [3.8, 4) is 5.75 Å². The van der Waals surface area contributed by atoms with Gasteiger partial charge < -0.3 is 15.4 Å². The molecule has 1 saturated carbocycles. The summed E-state index contributed by atoms with van der Waals surface area (Å²) in [5.74, 6) is 1.20.